The van der Waals surface area contributed by atoms with Crippen LogP contribution in [0.1, 0.15) is 0 Å². The summed E-state index contributed by atoms with van der Waals surface area (Å²) in [5, 5.41) is 7.54. The molecule has 0 aliphatic carbocycles. The van der Waals surface area contributed by atoms with Crippen LogP contribution in [-0.2, 0) is 0 Å². The van der Waals surface area contributed by atoms with Gasteiger partial charge in [0.1, 0.15) is 0 Å². The highest BCUT2D eigenvalue weighted by molar-refractivity contribution is 7.99. The van der Waals surface area contributed by atoms with E-state index in [1.54, 1.807) is 18.0 Å². The van der Waals surface area contributed by atoms with Crippen molar-refractivity contribution in [1.29, 1.82) is 0 Å². The van der Waals surface area contributed by atoms with Crippen molar-refractivity contribution in [3.8, 4) is 5.88 Å². The zero-order chi connectivity index (χ0) is 6.81. The fourth-order valence-electron chi connectivity index (χ4n) is 0.807. The summed E-state index contributed by atoms with van der Waals surface area (Å²) in [6.45, 7) is 0.746. The minimum Gasteiger partial charge on any atom is -0.475 e. The molecule has 3 nitrogen and oxygen atoms in total. The monoisotopic (exact) mass is 154 g/mol. The molecule has 1 aromatic rings. The van der Waals surface area contributed by atoms with Gasteiger partial charge >= 0.3 is 0 Å². The molecule has 1 aromatic heterocycles. The van der Waals surface area contributed by atoms with Gasteiger partial charge in [-0.15, -0.1) is 16.9 Å². The highest BCUT2D eigenvalue weighted by Crippen LogP contribution is 2.29. The van der Waals surface area contributed by atoms with E-state index < -0.39 is 0 Å². The lowest BCUT2D eigenvalue weighted by atomic mass is 10.5. The summed E-state index contributed by atoms with van der Waals surface area (Å²) in [5.74, 6) is 1.69. The van der Waals surface area contributed by atoms with Crippen molar-refractivity contribution in [3.05, 3.63) is 12.3 Å². The van der Waals surface area contributed by atoms with Gasteiger partial charge in [-0.25, -0.2) is 0 Å². The maximum Gasteiger partial charge on any atom is 0.247 e. The van der Waals surface area contributed by atoms with Crippen molar-refractivity contribution < 1.29 is 4.74 Å². The van der Waals surface area contributed by atoms with Crippen LogP contribution >= 0.6 is 11.8 Å². The number of hydrogen-bond donors (Lipinski definition) is 0. The SMILES string of the molecule is c1cc2c(nn1)OCCS2. The number of rotatable bonds is 0. The molecule has 1 aliphatic heterocycles. The molecule has 0 saturated carbocycles. The van der Waals surface area contributed by atoms with E-state index in [4.69, 9.17) is 4.74 Å². The Balaban J connectivity index is 2.41. The summed E-state index contributed by atoms with van der Waals surface area (Å²) in [6, 6.07) is 1.92. The predicted octanol–water partition coefficient (Wildman–Crippen LogP) is 0.961. The van der Waals surface area contributed by atoms with Gasteiger partial charge in [0, 0.05) is 5.75 Å². The Kier molecular flexibility index (Phi) is 1.47. The van der Waals surface area contributed by atoms with E-state index in [-0.39, 0.29) is 0 Å². The van der Waals surface area contributed by atoms with Crippen molar-refractivity contribution in [2.45, 2.75) is 4.90 Å². The second kappa shape index (κ2) is 2.46. The minimum atomic E-state index is 0.679. The molecule has 0 amide bonds. The van der Waals surface area contributed by atoms with Crippen LogP contribution in [0.15, 0.2) is 17.2 Å². The zero-order valence-corrected chi connectivity index (χ0v) is 6.10. The fraction of sp³-hybridized carbons (Fsp3) is 0.333. The van der Waals surface area contributed by atoms with E-state index in [2.05, 4.69) is 10.2 Å². The molecule has 0 N–H and O–H groups in total. The lowest BCUT2D eigenvalue weighted by molar-refractivity contribution is 0.311. The molecular formula is C6H6N2OS. The van der Waals surface area contributed by atoms with Gasteiger partial charge in [-0.05, 0) is 6.07 Å². The van der Waals surface area contributed by atoms with Gasteiger partial charge in [-0.2, -0.15) is 5.10 Å². The number of fused-ring (bicyclic) bond motifs is 1. The largest absolute Gasteiger partial charge is 0.475 e. The van der Waals surface area contributed by atoms with Crippen molar-refractivity contribution >= 4 is 11.8 Å². The van der Waals surface area contributed by atoms with E-state index in [9.17, 15) is 0 Å². The van der Waals surface area contributed by atoms with Crippen LogP contribution in [0, 0.1) is 0 Å². The predicted molar refractivity (Wildman–Crippen MR) is 38.3 cm³/mol. The van der Waals surface area contributed by atoms with Crippen molar-refractivity contribution in [2.75, 3.05) is 12.4 Å². The fourth-order valence-corrected chi connectivity index (χ4v) is 1.57. The van der Waals surface area contributed by atoms with Crippen LogP contribution in [0.4, 0.5) is 0 Å². The third kappa shape index (κ3) is 0.945. The molecule has 0 bridgehead atoms. The molecule has 0 radical (unpaired) electrons. The molecule has 0 fully saturated rings. The van der Waals surface area contributed by atoms with Crippen molar-refractivity contribution in [3.63, 3.8) is 0 Å². The quantitative estimate of drug-likeness (QED) is 0.557. The Morgan fingerprint density at radius 2 is 2.60 bits per heavy atom. The number of thioether (sulfide) groups is 1. The highest BCUT2D eigenvalue weighted by atomic mass is 32.2. The van der Waals surface area contributed by atoms with E-state index in [1.165, 1.54) is 0 Å². The molecule has 10 heavy (non-hydrogen) atoms. The Bertz CT molecular complexity index is 216. The first-order valence-electron chi connectivity index (χ1n) is 3.04. The van der Waals surface area contributed by atoms with Gasteiger partial charge in [0.05, 0.1) is 17.7 Å². The van der Waals surface area contributed by atoms with Gasteiger partial charge in [0.15, 0.2) is 0 Å². The molecule has 0 saturated heterocycles. The van der Waals surface area contributed by atoms with Crippen LogP contribution in [0.3, 0.4) is 0 Å². The summed E-state index contributed by atoms with van der Waals surface area (Å²) in [6.07, 6.45) is 1.68. The third-order valence-corrected chi connectivity index (χ3v) is 2.22. The van der Waals surface area contributed by atoms with E-state index in [0.717, 1.165) is 17.3 Å². The number of ether oxygens (including phenoxy) is 1. The van der Waals surface area contributed by atoms with Crippen LogP contribution in [-0.4, -0.2) is 22.6 Å². The first kappa shape index (κ1) is 5.97. The van der Waals surface area contributed by atoms with Crippen molar-refractivity contribution in [2.24, 2.45) is 0 Å². The lowest BCUT2D eigenvalue weighted by Gasteiger charge is -2.12. The molecule has 4 heteroatoms. The van der Waals surface area contributed by atoms with Crippen LogP contribution < -0.4 is 4.74 Å². The number of nitrogens with zero attached hydrogens (tertiary/aromatic N) is 2. The molecule has 0 spiro atoms. The molecule has 0 aromatic carbocycles. The Labute approximate surface area is 62.8 Å². The average Bonchev–Trinajstić information content (AvgIpc) is 2.05. The maximum atomic E-state index is 5.23. The first-order chi connectivity index (χ1) is 4.97. The maximum absolute atomic E-state index is 5.23. The lowest BCUT2D eigenvalue weighted by Crippen LogP contribution is -2.08. The molecule has 52 valence electrons. The van der Waals surface area contributed by atoms with Gasteiger partial charge in [0.25, 0.3) is 0 Å². The molecule has 2 heterocycles. The zero-order valence-electron chi connectivity index (χ0n) is 5.28. The van der Waals surface area contributed by atoms with Crippen LogP contribution in [0.5, 0.6) is 5.88 Å². The summed E-state index contributed by atoms with van der Waals surface area (Å²) in [4.78, 5) is 1.10. The summed E-state index contributed by atoms with van der Waals surface area (Å²) < 4.78 is 5.23. The molecular weight excluding hydrogens is 148 g/mol. The van der Waals surface area contributed by atoms with Gasteiger partial charge < -0.3 is 4.74 Å². The summed E-state index contributed by atoms with van der Waals surface area (Å²) in [5.41, 5.74) is 0. The smallest absolute Gasteiger partial charge is 0.247 e. The van der Waals surface area contributed by atoms with Crippen LogP contribution in [0.2, 0.25) is 0 Å². The number of aromatic nitrogens is 2. The van der Waals surface area contributed by atoms with E-state index in [0.29, 0.717) is 5.88 Å². The van der Waals surface area contributed by atoms with Gasteiger partial charge in [0.2, 0.25) is 5.88 Å². The Morgan fingerprint density at radius 3 is 3.50 bits per heavy atom. The van der Waals surface area contributed by atoms with Gasteiger partial charge in [-0.1, -0.05) is 0 Å². The topological polar surface area (TPSA) is 35.0 Å². The summed E-state index contributed by atoms with van der Waals surface area (Å²) >= 11 is 1.76. The molecule has 2 rings (SSSR count). The van der Waals surface area contributed by atoms with Gasteiger partial charge in [-0.3, -0.25) is 0 Å². The van der Waals surface area contributed by atoms with Crippen molar-refractivity contribution in [1.82, 2.24) is 10.2 Å². The highest BCUT2D eigenvalue weighted by Gasteiger charge is 2.10. The van der Waals surface area contributed by atoms with Crippen LogP contribution in [0.25, 0.3) is 0 Å². The van der Waals surface area contributed by atoms with E-state index in [1.807, 2.05) is 6.07 Å². The molecule has 0 unspecified atom stereocenters. The first-order valence-corrected chi connectivity index (χ1v) is 4.03. The number of hydrogen-bond acceptors (Lipinski definition) is 4. The second-order valence-corrected chi connectivity index (χ2v) is 3.03. The molecule has 1 aliphatic rings. The molecule has 0 atom stereocenters. The average molecular weight is 154 g/mol. The minimum absolute atomic E-state index is 0.679. The Morgan fingerprint density at radius 1 is 1.60 bits per heavy atom. The standard InChI is InChI=1S/C6H6N2OS/c1-2-7-8-6-5(1)10-4-3-9-6/h1-2H,3-4H2. The third-order valence-electron chi connectivity index (χ3n) is 1.23. The summed E-state index contributed by atoms with van der Waals surface area (Å²) in [7, 11) is 0. The second-order valence-electron chi connectivity index (χ2n) is 1.90. The van der Waals surface area contributed by atoms with E-state index >= 15 is 0 Å². The Hall–Kier alpha value is -0.770. The normalized spacial score (nSPS) is 15.6.